The SMILES string of the molecule is CN(C(=O)CN)c1c(Cl)cccc1Cl. The van der Waals surface area contributed by atoms with Crippen molar-refractivity contribution in [2.24, 2.45) is 5.73 Å². The maximum absolute atomic E-state index is 11.3. The molecule has 1 aromatic carbocycles. The minimum absolute atomic E-state index is 0.0714. The molecule has 0 atom stereocenters. The van der Waals surface area contributed by atoms with Crippen molar-refractivity contribution in [3.8, 4) is 0 Å². The molecular weight excluding hydrogens is 223 g/mol. The summed E-state index contributed by atoms with van der Waals surface area (Å²) in [6.45, 7) is -0.0714. The van der Waals surface area contributed by atoms with Gasteiger partial charge in [-0.2, -0.15) is 0 Å². The predicted molar refractivity (Wildman–Crippen MR) is 58.9 cm³/mol. The molecule has 0 aliphatic carbocycles. The van der Waals surface area contributed by atoms with Crippen LogP contribution in [-0.2, 0) is 4.79 Å². The molecule has 76 valence electrons. The van der Waals surface area contributed by atoms with Crippen LogP contribution in [0.4, 0.5) is 5.69 Å². The summed E-state index contributed by atoms with van der Waals surface area (Å²) in [6, 6.07) is 5.06. The third-order valence-electron chi connectivity index (χ3n) is 1.82. The molecule has 0 aromatic heterocycles. The van der Waals surface area contributed by atoms with Crippen LogP contribution >= 0.6 is 23.2 Å². The van der Waals surface area contributed by atoms with Crippen LogP contribution in [0.3, 0.4) is 0 Å². The number of nitrogens with zero attached hydrogens (tertiary/aromatic N) is 1. The van der Waals surface area contributed by atoms with E-state index < -0.39 is 0 Å². The fraction of sp³-hybridized carbons (Fsp3) is 0.222. The van der Waals surface area contributed by atoms with Gasteiger partial charge in [-0.3, -0.25) is 4.79 Å². The van der Waals surface area contributed by atoms with E-state index in [-0.39, 0.29) is 12.5 Å². The molecule has 2 N–H and O–H groups in total. The van der Waals surface area contributed by atoms with E-state index in [1.807, 2.05) is 0 Å². The van der Waals surface area contributed by atoms with Crippen LogP contribution in [0.15, 0.2) is 18.2 Å². The van der Waals surface area contributed by atoms with E-state index in [1.54, 1.807) is 25.2 Å². The Morgan fingerprint density at radius 3 is 2.36 bits per heavy atom. The summed E-state index contributed by atoms with van der Waals surface area (Å²) >= 11 is 11.8. The summed E-state index contributed by atoms with van der Waals surface area (Å²) in [5.74, 6) is -0.236. The number of para-hydroxylation sites is 1. The number of likely N-dealkylation sites (N-methyl/N-ethyl adjacent to an activating group) is 1. The van der Waals surface area contributed by atoms with Crippen molar-refractivity contribution in [3.05, 3.63) is 28.2 Å². The fourth-order valence-corrected chi connectivity index (χ4v) is 1.72. The number of carbonyl (C=O) groups excluding carboxylic acids is 1. The normalized spacial score (nSPS) is 10.0. The molecule has 1 rings (SSSR count). The lowest BCUT2D eigenvalue weighted by atomic mass is 10.3. The Morgan fingerprint density at radius 1 is 1.43 bits per heavy atom. The Kier molecular flexibility index (Phi) is 3.75. The maximum Gasteiger partial charge on any atom is 0.240 e. The Bertz CT molecular complexity index is 334. The van der Waals surface area contributed by atoms with Crippen LogP contribution < -0.4 is 10.6 Å². The second-order valence-electron chi connectivity index (χ2n) is 2.73. The monoisotopic (exact) mass is 232 g/mol. The highest BCUT2D eigenvalue weighted by Gasteiger charge is 2.15. The van der Waals surface area contributed by atoms with Gasteiger partial charge in [0.2, 0.25) is 5.91 Å². The number of hydrogen-bond donors (Lipinski definition) is 1. The average molecular weight is 233 g/mol. The molecule has 0 aliphatic rings. The first-order valence-electron chi connectivity index (χ1n) is 3.98. The lowest BCUT2D eigenvalue weighted by molar-refractivity contribution is -0.117. The number of hydrogen-bond acceptors (Lipinski definition) is 2. The van der Waals surface area contributed by atoms with Gasteiger partial charge >= 0.3 is 0 Å². The molecule has 0 spiro atoms. The van der Waals surface area contributed by atoms with Gasteiger partial charge < -0.3 is 10.6 Å². The molecular formula is C9H10Cl2N2O. The number of benzene rings is 1. The summed E-state index contributed by atoms with van der Waals surface area (Å²) < 4.78 is 0. The lowest BCUT2D eigenvalue weighted by Gasteiger charge is -2.18. The number of halogens is 2. The predicted octanol–water partition coefficient (Wildman–Crippen LogP) is 1.91. The van der Waals surface area contributed by atoms with Gasteiger partial charge in [0.1, 0.15) is 0 Å². The lowest BCUT2D eigenvalue weighted by Crippen LogP contribution is -2.32. The van der Waals surface area contributed by atoms with Crippen LogP contribution in [0, 0.1) is 0 Å². The molecule has 0 saturated heterocycles. The zero-order valence-corrected chi connectivity index (χ0v) is 9.14. The number of rotatable bonds is 2. The molecule has 0 unspecified atom stereocenters. The van der Waals surface area contributed by atoms with Crippen molar-refractivity contribution in [3.63, 3.8) is 0 Å². The molecule has 1 aromatic rings. The first-order chi connectivity index (χ1) is 6.57. The standard InChI is InChI=1S/C9H10Cl2N2O/c1-13(8(14)5-12)9-6(10)3-2-4-7(9)11/h2-4H,5,12H2,1H3. The van der Waals surface area contributed by atoms with Crippen molar-refractivity contribution in [1.29, 1.82) is 0 Å². The molecule has 0 radical (unpaired) electrons. The van der Waals surface area contributed by atoms with Gasteiger partial charge in [-0.25, -0.2) is 0 Å². The highest BCUT2D eigenvalue weighted by Crippen LogP contribution is 2.32. The average Bonchev–Trinajstić information content (AvgIpc) is 2.16. The Hall–Kier alpha value is -0.770. The highest BCUT2D eigenvalue weighted by atomic mass is 35.5. The van der Waals surface area contributed by atoms with Gasteiger partial charge in [0.15, 0.2) is 0 Å². The maximum atomic E-state index is 11.3. The minimum Gasteiger partial charge on any atom is -0.322 e. The molecule has 1 amide bonds. The van der Waals surface area contributed by atoms with Crippen molar-refractivity contribution in [2.75, 3.05) is 18.5 Å². The summed E-state index contributed by atoms with van der Waals surface area (Å²) in [7, 11) is 1.59. The minimum atomic E-state index is -0.236. The molecule has 0 saturated carbocycles. The first-order valence-corrected chi connectivity index (χ1v) is 4.74. The van der Waals surface area contributed by atoms with Crippen molar-refractivity contribution in [1.82, 2.24) is 0 Å². The van der Waals surface area contributed by atoms with E-state index in [1.165, 1.54) is 4.90 Å². The third-order valence-corrected chi connectivity index (χ3v) is 2.43. The van der Waals surface area contributed by atoms with E-state index in [2.05, 4.69) is 0 Å². The van der Waals surface area contributed by atoms with Crippen molar-refractivity contribution >= 4 is 34.8 Å². The van der Waals surface area contributed by atoms with Crippen LogP contribution in [0.25, 0.3) is 0 Å². The third kappa shape index (κ3) is 2.18. The summed E-state index contributed by atoms with van der Waals surface area (Å²) in [6.07, 6.45) is 0. The molecule has 14 heavy (non-hydrogen) atoms. The van der Waals surface area contributed by atoms with Gasteiger partial charge in [0.05, 0.1) is 22.3 Å². The number of anilines is 1. The van der Waals surface area contributed by atoms with Gasteiger partial charge in [-0.05, 0) is 12.1 Å². The molecule has 0 fully saturated rings. The summed E-state index contributed by atoms with van der Waals surface area (Å²) in [5, 5.41) is 0.864. The fourth-order valence-electron chi connectivity index (χ4n) is 1.07. The number of carbonyl (C=O) groups is 1. The zero-order valence-electron chi connectivity index (χ0n) is 7.63. The zero-order chi connectivity index (χ0) is 10.7. The van der Waals surface area contributed by atoms with E-state index >= 15 is 0 Å². The van der Waals surface area contributed by atoms with Crippen LogP contribution in [-0.4, -0.2) is 19.5 Å². The highest BCUT2D eigenvalue weighted by molar-refractivity contribution is 6.39. The van der Waals surface area contributed by atoms with E-state index in [4.69, 9.17) is 28.9 Å². The van der Waals surface area contributed by atoms with Gasteiger partial charge in [-0.1, -0.05) is 29.3 Å². The number of nitrogens with two attached hydrogens (primary N) is 1. The largest absolute Gasteiger partial charge is 0.322 e. The second kappa shape index (κ2) is 4.64. The van der Waals surface area contributed by atoms with Gasteiger partial charge in [0.25, 0.3) is 0 Å². The molecule has 3 nitrogen and oxygen atoms in total. The topological polar surface area (TPSA) is 46.3 Å². The van der Waals surface area contributed by atoms with Crippen LogP contribution in [0.5, 0.6) is 0 Å². The van der Waals surface area contributed by atoms with E-state index in [0.29, 0.717) is 15.7 Å². The van der Waals surface area contributed by atoms with Crippen LogP contribution in [0.2, 0.25) is 10.0 Å². The van der Waals surface area contributed by atoms with Gasteiger partial charge in [0, 0.05) is 7.05 Å². The van der Waals surface area contributed by atoms with E-state index in [9.17, 15) is 4.79 Å². The number of amides is 1. The van der Waals surface area contributed by atoms with Gasteiger partial charge in [-0.15, -0.1) is 0 Å². The first kappa shape index (κ1) is 11.3. The Labute approximate surface area is 92.4 Å². The molecule has 0 aliphatic heterocycles. The van der Waals surface area contributed by atoms with Crippen LogP contribution in [0.1, 0.15) is 0 Å². The molecule has 0 bridgehead atoms. The molecule has 0 heterocycles. The van der Waals surface area contributed by atoms with Crippen molar-refractivity contribution < 1.29 is 4.79 Å². The second-order valence-corrected chi connectivity index (χ2v) is 3.54. The van der Waals surface area contributed by atoms with Crippen molar-refractivity contribution in [2.45, 2.75) is 0 Å². The van der Waals surface area contributed by atoms with E-state index in [0.717, 1.165) is 0 Å². The Morgan fingerprint density at radius 2 is 1.93 bits per heavy atom. The quantitative estimate of drug-likeness (QED) is 0.848. The molecule has 5 heteroatoms. The summed E-state index contributed by atoms with van der Waals surface area (Å²) in [5.41, 5.74) is 5.72. The smallest absolute Gasteiger partial charge is 0.240 e. The Balaban J connectivity index is 3.11. The summed E-state index contributed by atoms with van der Waals surface area (Å²) in [4.78, 5) is 12.7.